The van der Waals surface area contributed by atoms with Gasteiger partial charge >= 0.3 is 0 Å². The molecule has 0 aromatic carbocycles. The Hall–Kier alpha value is -2.90. The molecule has 1 fully saturated rings. The molecule has 1 saturated heterocycles. The van der Waals surface area contributed by atoms with E-state index in [0.717, 1.165) is 24.2 Å². The molecule has 2 N–H and O–H groups in total. The molecule has 1 aliphatic rings. The number of carbonyl (C=O) groups excluding carboxylic acids is 2. The van der Waals surface area contributed by atoms with Crippen LogP contribution >= 0.6 is 0 Å². The minimum Gasteiger partial charge on any atom is -0.370 e. The summed E-state index contributed by atoms with van der Waals surface area (Å²) in [7, 11) is 0. The minimum absolute atomic E-state index is 0.122. The van der Waals surface area contributed by atoms with E-state index < -0.39 is 0 Å². The number of aromatic nitrogens is 4. The van der Waals surface area contributed by atoms with Gasteiger partial charge in [0.15, 0.2) is 0 Å². The Morgan fingerprint density at radius 2 is 2.16 bits per heavy atom. The summed E-state index contributed by atoms with van der Waals surface area (Å²) < 4.78 is 0. The molecule has 8 heteroatoms. The summed E-state index contributed by atoms with van der Waals surface area (Å²) in [6.07, 6.45) is 6.96. The van der Waals surface area contributed by atoms with Crippen molar-refractivity contribution in [1.29, 1.82) is 0 Å². The van der Waals surface area contributed by atoms with Crippen molar-refractivity contribution in [1.82, 2.24) is 24.8 Å². The molecule has 1 aliphatic heterocycles. The predicted molar refractivity (Wildman–Crippen MR) is 89.3 cm³/mol. The smallest absolute Gasteiger partial charge is 0.274 e. The van der Waals surface area contributed by atoms with Crippen LogP contribution in [0.5, 0.6) is 0 Å². The molecule has 3 heterocycles. The largest absolute Gasteiger partial charge is 0.370 e. The fraction of sp³-hybridized carbons (Fsp3) is 0.412. The Balaban J connectivity index is 1.84. The van der Waals surface area contributed by atoms with Gasteiger partial charge in [-0.25, -0.2) is 15.0 Å². The van der Waals surface area contributed by atoms with Crippen LogP contribution in [0.1, 0.15) is 53.0 Å². The first-order chi connectivity index (χ1) is 12.0. The second-order valence-electron chi connectivity index (χ2n) is 6.04. The number of amides is 2. The van der Waals surface area contributed by atoms with Crippen LogP contribution in [0.25, 0.3) is 0 Å². The number of primary amides is 1. The van der Waals surface area contributed by atoms with Gasteiger partial charge in [0.1, 0.15) is 11.5 Å². The average Bonchev–Trinajstić information content (AvgIpc) is 3.09. The molecule has 0 aliphatic carbocycles. The average molecular weight is 340 g/mol. The molecule has 2 amide bonds. The van der Waals surface area contributed by atoms with Crippen LogP contribution in [0.15, 0.2) is 24.7 Å². The zero-order valence-corrected chi connectivity index (χ0v) is 14.1. The highest BCUT2D eigenvalue weighted by Gasteiger charge is 2.32. The summed E-state index contributed by atoms with van der Waals surface area (Å²) >= 11 is 0. The summed E-state index contributed by atoms with van der Waals surface area (Å²) in [5.74, 6) is 0.111. The van der Waals surface area contributed by atoms with Crippen LogP contribution in [0.4, 0.5) is 0 Å². The quantitative estimate of drug-likeness (QED) is 0.867. The monoisotopic (exact) mass is 340 g/mol. The van der Waals surface area contributed by atoms with Gasteiger partial charge in [-0.15, -0.1) is 0 Å². The van der Waals surface area contributed by atoms with Crippen molar-refractivity contribution in [2.45, 2.75) is 38.6 Å². The second-order valence-corrected chi connectivity index (χ2v) is 6.04. The number of carbonyl (C=O) groups is 2. The highest BCUT2D eigenvalue weighted by molar-refractivity contribution is 5.92. The van der Waals surface area contributed by atoms with E-state index in [-0.39, 0.29) is 24.3 Å². The van der Waals surface area contributed by atoms with E-state index in [2.05, 4.69) is 19.9 Å². The predicted octanol–water partition coefficient (Wildman–Crippen LogP) is 0.970. The third-order valence-electron chi connectivity index (χ3n) is 4.18. The Morgan fingerprint density at radius 1 is 1.32 bits per heavy atom. The lowest BCUT2D eigenvalue weighted by molar-refractivity contribution is -0.118. The molecule has 0 saturated carbocycles. The standard InChI is InChI=1S/C17H20N6O2/c1-11-21-12(4-5-16(18)24)9-13(22-11)15-3-2-8-23(15)17(25)14-10-19-6-7-20-14/h6-7,9-10,15H,2-5,8H2,1H3,(H2,18,24). The molecule has 25 heavy (non-hydrogen) atoms. The van der Waals surface area contributed by atoms with Crippen molar-refractivity contribution in [3.63, 3.8) is 0 Å². The Morgan fingerprint density at radius 3 is 2.88 bits per heavy atom. The maximum absolute atomic E-state index is 12.7. The number of hydrogen-bond donors (Lipinski definition) is 1. The van der Waals surface area contributed by atoms with Gasteiger partial charge in [0, 0.05) is 31.1 Å². The number of nitrogens with zero attached hydrogens (tertiary/aromatic N) is 5. The minimum atomic E-state index is -0.363. The summed E-state index contributed by atoms with van der Waals surface area (Å²) in [4.78, 5) is 42.5. The Labute approximate surface area is 145 Å². The van der Waals surface area contributed by atoms with Gasteiger partial charge in [0.2, 0.25) is 5.91 Å². The third-order valence-corrected chi connectivity index (χ3v) is 4.18. The van der Waals surface area contributed by atoms with Crippen molar-refractivity contribution in [3.8, 4) is 0 Å². The zero-order valence-electron chi connectivity index (χ0n) is 14.1. The van der Waals surface area contributed by atoms with Crippen molar-refractivity contribution in [2.75, 3.05) is 6.54 Å². The van der Waals surface area contributed by atoms with Crippen LogP contribution in [-0.4, -0.2) is 43.2 Å². The molecule has 2 aromatic rings. The van der Waals surface area contributed by atoms with Crippen LogP contribution in [0.3, 0.4) is 0 Å². The topological polar surface area (TPSA) is 115 Å². The molecule has 3 rings (SSSR count). The summed E-state index contributed by atoms with van der Waals surface area (Å²) in [6.45, 7) is 2.46. The summed E-state index contributed by atoms with van der Waals surface area (Å²) in [5.41, 5.74) is 7.10. The fourth-order valence-corrected chi connectivity index (χ4v) is 3.08. The van der Waals surface area contributed by atoms with Crippen molar-refractivity contribution in [2.24, 2.45) is 5.73 Å². The normalized spacial score (nSPS) is 16.8. The maximum Gasteiger partial charge on any atom is 0.274 e. The lowest BCUT2D eigenvalue weighted by atomic mass is 10.1. The number of aryl methyl sites for hydroxylation is 2. The Bertz CT molecular complexity index is 780. The number of nitrogens with two attached hydrogens (primary N) is 1. The molecule has 2 aromatic heterocycles. The maximum atomic E-state index is 12.7. The highest BCUT2D eigenvalue weighted by atomic mass is 16.2. The first-order valence-electron chi connectivity index (χ1n) is 8.24. The molecule has 8 nitrogen and oxygen atoms in total. The van der Waals surface area contributed by atoms with Crippen LogP contribution < -0.4 is 5.73 Å². The lowest BCUT2D eigenvalue weighted by Gasteiger charge is -2.24. The van der Waals surface area contributed by atoms with Crippen LogP contribution in [-0.2, 0) is 11.2 Å². The lowest BCUT2D eigenvalue weighted by Crippen LogP contribution is -2.32. The van der Waals surface area contributed by atoms with Crippen LogP contribution in [0, 0.1) is 6.92 Å². The molecule has 130 valence electrons. The van der Waals surface area contributed by atoms with Gasteiger partial charge < -0.3 is 10.6 Å². The Kier molecular flexibility index (Phi) is 4.97. The first kappa shape index (κ1) is 16.9. The van der Waals surface area contributed by atoms with Crippen molar-refractivity contribution >= 4 is 11.8 Å². The second kappa shape index (κ2) is 7.33. The van der Waals surface area contributed by atoms with Crippen LogP contribution in [0.2, 0.25) is 0 Å². The van der Waals surface area contributed by atoms with E-state index >= 15 is 0 Å². The number of likely N-dealkylation sites (tertiary alicyclic amines) is 1. The van der Waals surface area contributed by atoms with E-state index in [9.17, 15) is 9.59 Å². The number of rotatable bonds is 5. The first-order valence-corrected chi connectivity index (χ1v) is 8.24. The van der Waals surface area contributed by atoms with Crippen molar-refractivity contribution < 1.29 is 9.59 Å². The van der Waals surface area contributed by atoms with Gasteiger partial charge in [-0.1, -0.05) is 0 Å². The van der Waals surface area contributed by atoms with Crippen molar-refractivity contribution in [3.05, 3.63) is 47.6 Å². The zero-order chi connectivity index (χ0) is 17.8. The summed E-state index contributed by atoms with van der Waals surface area (Å²) in [5, 5.41) is 0. The van der Waals surface area contributed by atoms with Gasteiger partial charge in [0.25, 0.3) is 5.91 Å². The van der Waals surface area contributed by atoms with E-state index in [1.165, 1.54) is 18.6 Å². The molecular weight excluding hydrogens is 320 g/mol. The highest BCUT2D eigenvalue weighted by Crippen LogP contribution is 2.32. The van der Waals surface area contributed by atoms with Gasteiger partial charge in [-0.05, 0) is 32.3 Å². The van der Waals surface area contributed by atoms with E-state index in [1.807, 2.05) is 6.07 Å². The van der Waals surface area contributed by atoms with Gasteiger partial charge in [-0.3, -0.25) is 14.6 Å². The van der Waals surface area contributed by atoms with Gasteiger partial charge in [0.05, 0.1) is 17.9 Å². The third kappa shape index (κ3) is 3.96. The number of hydrogen-bond acceptors (Lipinski definition) is 6. The molecule has 0 spiro atoms. The SMILES string of the molecule is Cc1nc(CCC(N)=O)cc(C2CCCN2C(=O)c2cnccn2)n1. The molecular formula is C17H20N6O2. The fourth-order valence-electron chi connectivity index (χ4n) is 3.08. The molecule has 0 radical (unpaired) electrons. The molecule has 0 bridgehead atoms. The molecule has 1 atom stereocenters. The summed E-state index contributed by atoms with van der Waals surface area (Å²) in [6, 6.07) is 1.74. The van der Waals surface area contributed by atoms with E-state index in [1.54, 1.807) is 11.8 Å². The van der Waals surface area contributed by atoms with Gasteiger partial charge in [-0.2, -0.15) is 0 Å². The van der Waals surface area contributed by atoms with E-state index in [4.69, 9.17) is 5.73 Å². The van der Waals surface area contributed by atoms with E-state index in [0.29, 0.717) is 24.5 Å². The molecule has 1 unspecified atom stereocenters.